The second-order valence-electron chi connectivity index (χ2n) is 6.66. The number of rotatable bonds is 3. The lowest BCUT2D eigenvalue weighted by Gasteiger charge is -2.40. The molecule has 5 heteroatoms. The number of pyridine rings is 1. The van der Waals surface area contributed by atoms with Crippen molar-refractivity contribution in [3.63, 3.8) is 0 Å². The van der Waals surface area contributed by atoms with Crippen molar-refractivity contribution in [1.82, 2.24) is 20.1 Å². The molecule has 1 N–H and O–H groups in total. The molecule has 2 atom stereocenters. The number of hydrogen-bond donors (Lipinski definition) is 1. The molecule has 1 aromatic rings. The van der Waals surface area contributed by atoms with Gasteiger partial charge in [0.15, 0.2) is 0 Å². The summed E-state index contributed by atoms with van der Waals surface area (Å²) < 4.78 is 0. The molecule has 2 fully saturated rings. The van der Waals surface area contributed by atoms with Gasteiger partial charge in [-0.05, 0) is 44.5 Å². The molecular weight excluding hydrogens is 288 g/mol. The van der Waals surface area contributed by atoms with Crippen molar-refractivity contribution < 1.29 is 4.79 Å². The van der Waals surface area contributed by atoms with Crippen molar-refractivity contribution in [2.24, 2.45) is 0 Å². The molecule has 2 unspecified atom stereocenters. The fourth-order valence-corrected chi connectivity index (χ4v) is 3.72. The van der Waals surface area contributed by atoms with E-state index < -0.39 is 0 Å². The highest BCUT2D eigenvalue weighted by Crippen LogP contribution is 2.24. The maximum atomic E-state index is 13.1. The Morgan fingerprint density at radius 1 is 1.26 bits per heavy atom. The number of likely N-dealkylation sites (tertiary alicyclic amines) is 1. The van der Waals surface area contributed by atoms with Crippen LogP contribution in [0.25, 0.3) is 0 Å². The summed E-state index contributed by atoms with van der Waals surface area (Å²) >= 11 is 0. The number of carbonyl (C=O) groups is 1. The Kier molecular flexibility index (Phi) is 5.62. The average Bonchev–Trinajstić information content (AvgIpc) is 2.90. The van der Waals surface area contributed by atoms with Gasteiger partial charge in [-0.1, -0.05) is 18.9 Å². The van der Waals surface area contributed by atoms with Crippen LogP contribution in [0, 0.1) is 0 Å². The quantitative estimate of drug-likeness (QED) is 0.924. The van der Waals surface area contributed by atoms with Gasteiger partial charge in [-0.15, -0.1) is 0 Å². The lowest BCUT2D eigenvalue weighted by Crippen LogP contribution is -2.54. The molecule has 3 heterocycles. The number of aromatic nitrogens is 1. The molecule has 0 aliphatic carbocycles. The molecule has 5 nitrogen and oxygen atoms in total. The van der Waals surface area contributed by atoms with E-state index in [0.717, 1.165) is 38.3 Å². The summed E-state index contributed by atoms with van der Waals surface area (Å²) in [5, 5.41) is 3.41. The number of carbonyl (C=O) groups excluding carboxylic acids is 1. The predicted octanol–water partition coefficient (Wildman–Crippen LogP) is 1.82. The lowest BCUT2D eigenvalue weighted by molar-refractivity contribution is -0.139. The minimum Gasteiger partial charge on any atom is -0.332 e. The molecule has 0 radical (unpaired) electrons. The molecule has 0 saturated carbocycles. The molecule has 0 spiro atoms. The highest BCUT2D eigenvalue weighted by molar-refractivity contribution is 5.82. The van der Waals surface area contributed by atoms with Crippen molar-refractivity contribution in [3.05, 3.63) is 30.1 Å². The third kappa shape index (κ3) is 3.90. The van der Waals surface area contributed by atoms with E-state index in [9.17, 15) is 4.79 Å². The van der Waals surface area contributed by atoms with E-state index in [0.29, 0.717) is 0 Å². The number of nitrogens with one attached hydrogen (secondary N) is 1. The largest absolute Gasteiger partial charge is 0.332 e. The summed E-state index contributed by atoms with van der Waals surface area (Å²) in [6.45, 7) is 6.64. The Labute approximate surface area is 139 Å². The molecule has 1 aromatic heterocycles. The first-order chi connectivity index (χ1) is 11.3. The first-order valence-electron chi connectivity index (χ1n) is 8.92. The van der Waals surface area contributed by atoms with E-state index >= 15 is 0 Å². The SMILES string of the molecule is CC(C(=O)N1CCNCC1c1cccnc1)N1CCCCCC1. The molecule has 0 bridgehead atoms. The molecule has 1 amide bonds. The minimum absolute atomic E-state index is 0.0228. The number of nitrogens with zero attached hydrogens (tertiary/aromatic N) is 3. The summed E-state index contributed by atoms with van der Waals surface area (Å²) in [5.74, 6) is 0.266. The standard InChI is InChI=1S/C18H28N4O/c1-15(21-10-4-2-3-5-11-21)18(23)22-12-9-20-14-17(22)16-7-6-8-19-13-16/h6-8,13,15,17,20H,2-5,9-12,14H2,1H3. The zero-order valence-electron chi connectivity index (χ0n) is 14.1. The molecule has 2 saturated heterocycles. The Morgan fingerprint density at radius 3 is 2.74 bits per heavy atom. The van der Waals surface area contributed by atoms with Gasteiger partial charge in [-0.3, -0.25) is 14.7 Å². The van der Waals surface area contributed by atoms with E-state index in [2.05, 4.69) is 33.1 Å². The summed E-state index contributed by atoms with van der Waals surface area (Å²) in [6.07, 6.45) is 8.68. The molecule has 2 aliphatic heterocycles. The van der Waals surface area contributed by atoms with E-state index in [1.807, 2.05) is 12.3 Å². The molecule has 3 rings (SSSR count). The summed E-state index contributed by atoms with van der Waals surface area (Å²) in [5.41, 5.74) is 1.12. The summed E-state index contributed by atoms with van der Waals surface area (Å²) in [6, 6.07) is 4.09. The predicted molar refractivity (Wildman–Crippen MR) is 91.1 cm³/mol. The zero-order valence-corrected chi connectivity index (χ0v) is 14.1. The molecule has 2 aliphatic rings. The fourth-order valence-electron chi connectivity index (χ4n) is 3.72. The van der Waals surface area contributed by atoms with Crippen LogP contribution < -0.4 is 5.32 Å². The van der Waals surface area contributed by atoms with Gasteiger partial charge >= 0.3 is 0 Å². The van der Waals surface area contributed by atoms with Crippen LogP contribution in [-0.2, 0) is 4.79 Å². The van der Waals surface area contributed by atoms with Gasteiger partial charge in [0.1, 0.15) is 0 Å². The monoisotopic (exact) mass is 316 g/mol. The summed E-state index contributed by atoms with van der Waals surface area (Å²) in [7, 11) is 0. The Hall–Kier alpha value is -1.46. The minimum atomic E-state index is -0.0228. The van der Waals surface area contributed by atoms with Crippen molar-refractivity contribution in [1.29, 1.82) is 0 Å². The van der Waals surface area contributed by atoms with E-state index in [4.69, 9.17) is 0 Å². The Balaban J connectivity index is 1.73. The van der Waals surface area contributed by atoms with Crippen molar-refractivity contribution in [3.8, 4) is 0 Å². The molecule has 126 valence electrons. The normalized spacial score (nSPS) is 24.9. The van der Waals surface area contributed by atoms with Gasteiger partial charge in [0.25, 0.3) is 0 Å². The Morgan fingerprint density at radius 2 is 2.04 bits per heavy atom. The number of piperazine rings is 1. The number of amides is 1. The molecule has 0 aromatic carbocycles. The van der Waals surface area contributed by atoms with Crippen LogP contribution in [0.1, 0.15) is 44.2 Å². The second-order valence-corrected chi connectivity index (χ2v) is 6.66. The zero-order chi connectivity index (χ0) is 16.1. The van der Waals surface area contributed by atoms with E-state index in [1.165, 1.54) is 25.7 Å². The first kappa shape index (κ1) is 16.4. The van der Waals surface area contributed by atoms with Crippen LogP contribution in [-0.4, -0.2) is 59.5 Å². The van der Waals surface area contributed by atoms with Crippen LogP contribution >= 0.6 is 0 Å². The highest BCUT2D eigenvalue weighted by atomic mass is 16.2. The number of hydrogen-bond acceptors (Lipinski definition) is 4. The smallest absolute Gasteiger partial charge is 0.240 e. The highest BCUT2D eigenvalue weighted by Gasteiger charge is 2.33. The van der Waals surface area contributed by atoms with Gasteiger partial charge in [0.2, 0.25) is 5.91 Å². The van der Waals surface area contributed by atoms with Crippen LogP contribution in [0.15, 0.2) is 24.5 Å². The second kappa shape index (κ2) is 7.88. The van der Waals surface area contributed by atoms with Crippen LogP contribution in [0.5, 0.6) is 0 Å². The third-order valence-corrected chi connectivity index (χ3v) is 5.14. The van der Waals surface area contributed by atoms with Gasteiger partial charge in [0.05, 0.1) is 12.1 Å². The molecular formula is C18H28N4O. The van der Waals surface area contributed by atoms with Gasteiger partial charge in [-0.2, -0.15) is 0 Å². The van der Waals surface area contributed by atoms with Crippen molar-refractivity contribution in [2.75, 3.05) is 32.7 Å². The van der Waals surface area contributed by atoms with E-state index in [-0.39, 0.29) is 18.0 Å². The maximum Gasteiger partial charge on any atom is 0.240 e. The summed E-state index contributed by atoms with van der Waals surface area (Å²) in [4.78, 5) is 21.8. The van der Waals surface area contributed by atoms with Crippen LogP contribution in [0.3, 0.4) is 0 Å². The maximum absolute atomic E-state index is 13.1. The average molecular weight is 316 g/mol. The van der Waals surface area contributed by atoms with Crippen molar-refractivity contribution in [2.45, 2.75) is 44.7 Å². The lowest BCUT2D eigenvalue weighted by atomic mass is 10.0. The topological polar surface area (TPSA) is 48.5 Å². The van der Waals surface area contributed by atoms with Gasteiger partial charge in [-0.25, -0.2) is 0 Å². The Bertz CT molecular complexity index is 499. The van der Waals surface area contributed by atoms with Crippen LogP contribution in [0.2, 0.25) is 0 Å². The third-order valence-electron chi connectivity index (χ3n) is 5.14. The first-order valence-corrected chi connectivity index (χ1v) is 8.92. The van der Waals surface area contributed by atoms with Gasteiger partial charge in [0, 0.05) is 32.0 Å². The van der Waals surface area contributed by atoms with Crippen LogP contribution in [0.4, 0.5) is 0 Å². The fraction of sp³-hybridized carbons (Fsp3) is 0.667. The van der Waals surface area contributed by atoms with Crippen molar-refractivity contribution >= 4 is 5.91 Å². The van der Waals surface area contributed by atoms with Gasteiger partial charge < -0.3 is 10.2 Å². The molecule has 23 heavy (non-hydrogen) atoms. The van der Waals surface area contributed by atoms with E-state index in [1.54, 1.807) is 6.20 Å².